The molecule has 0 saturated heterocycles. The van der Waals surface area contributed by atoms with E-state index < -0.39 is 28.0 Å². The topological polar surface area (TPSA) is 116 Å². The smallest absolute Gasteiger partial charge is 0.376 e. The Kier molecular flexibility index (Phi) is 4.62. The Morgan fingerprint density at radius 2 is 1.74 bits per heavy atom. The third-order valence-electron chi connectivity index (χ3n) is 2.09. The van der Waals surface area contributed by atoms with Gasteiger partial charge in [0, 0.05) is 5.69 Å². The van der Waals surface area contributed by atoms with Crippen molar-refractivity contribution in [2.24, 2.45) is 11.1 Å². The first-order valence-electron chi connectivity index (χ1n) is 5.35. The molecule has 0 aliphatic heterocycles. The summed E-state index contributed by atoms with van der Waals surface area (Å²) in [6.45, 7) is 3.19. The lowest BCUT2D eigenvalue weighted by Gasteiger charge is -2.07. The molecule has 0 aromatic heterocycles. The van der Waals surface area contributed by atoms with Crippen molar-refractivity contribution in [3.05, 3.63) is 24.3 Å². The van der Waals surface area contributed by atoms with Gasteiger partial charge >= 0.3 is 12.1 Å². The fourth-order valence-corrected chi connectivity index (χ4v) is 1.60. The van der Waals surface area contributed by atoms with Crippen LogP contribution in [0.25, 0.3) is 0 Å². The fraction of sp³-hybridized carbons (Fsp3) is 0.273. The Hall–Kier alpha value is -1.93. The number of nitrogens with one attached hydrogen (secondary N) is 1. The zero-order valence-electron chi connectivity index (χ0n) is 10.4. The van der Waals surface area contributed by atoms with E-state index in [-0.39, 0.29) is 10.6 Å². The summed E-state index contributed by atoms with van der Waals surface area (Å²) in [5.74, 6) is -1.07. The molecule has 1 aromatic carbocycles. The standard InChI is InChI=1S/C11H14N2O5S/c1-7(2)10(14)18-11(15)13-8-3-5-9(6-4-8)19(12,16)17/h3-7H,1-2H3,(H,13,15)(H2,12,16,17). The highest BCUT2D eigenvalue weighted by molar-refractivity contribution is 7.89. The molecule has 104 valence electrons. The number of hydrogen-bond acceptors (Lipinski definition) is 5. The summed E-state index contributed by atoms with van der Waals surface area (Å²) in [7, 11) is -3.78. The molecule has 7 nitrogen and oxygen atoms in total. The van der Waals surface area contributed by atoms with Gasteiger partial charge in [-0.1, -0.05) is 13.8 Å². The van der Waals surface area contributed by atoms with Crippen LogP contribution in [0.4, 0.5) is 10.5 Å². The summed E-state index contributed by atoms with van der Waals surface area (Å²) >= 11 is 0. The molecule has 0 atom stereocenters. The first-order chi connectivity index (χ1) is 8.70. The van der Waals surface area contributed by atoms with Gasteiger partial charge in [0.1, 0.15) is 0 Å². The highest BCUT2D eigenvalue weighted by Gasteiger charge is 2.14. The quantitative estimate of drug-likeness (QED) is 0.636. The lowest BCUT2D eigenvalue weighted by Crippen LogP contribution is -2.21. The van der Waals surface area contributed by atoms with Crippen LogP contribution >= 0.6 is 0 Å². The molecule has 1 rings (SSSR count). The summed E-state index contributed by atoms with van der Waals surface area (Å²) in [6, 6.07) is 5.13. The number of carbonyl (C=O) groups excluding carboxylic acids is 2. The maximum atomic E-state index is 11.3. The van der Waals surface area contributed by atoms with E-state index in [0.717, 1.165) is 0 Å². The van der Waals surface area contributed by atoms with Crippen LogP contribution in [-0.2, 0) is 19.6 Å². The van der Waals surface area contributed by atoms with E-state index >= 15 is 0 Å². The number of rotatable bonds is 3. The summed E-state index contributed by atoms with van der Waals surface area (Å²) in [5, 5.41) is 7.21. The van der Waals surface area contributed by atoms with Gasteiger partial charge in [-0.25, -0.2) is 18.4 Å². The highest BCUT2D eigenvalue weighted by Crippen LogP contribution is 2.13. The third-order valence-corrected chi connectivity index (χ3v) is 3.02. The molecular weight excluding hydrogens is 272 g/mol. The molecule has 0 heterocycles. The van der Waals surface area contributed by atoms with Gasteiger partial charge in [0.15, 0.2) is 0 Å². The van der Waals surface area contributed by atoms with E-state index in [1.807, 2.05) is 0 Å². The summed E-state index contributed by atoms with van der Waals surface area (Å²) in [5.41, 5.74) is 0.286. The molecule has 3 N–H and O–H groups in total. The maximum Gasteiger partial charge on any atom is 0.419 e. The number of amides is 1. The van der Waals surface area contributed by atoms with Crippen LogP contribution in [0.15, 0.2) is 29.2 Å². The molecular formula is C11H14N2O5S. The van der Waals surface area contributed by atoms with Crippen LogP contribution in [0.3, 0.4) is 0 Å². The number of hydrogen-bond donors (Lipinski definition) is 2. The molecule has 0 fully saturated rings. The summed E-state index contributed by atoms with van der Waals surface area (Å²) in [6.07, 6.45) is -0.929. The van der Waals surface area contributed by atoms with E-state index in [1.165, 1.54) is 24.3 Å². The van der Waals surface area contributed by atoms with Gasteiger partial charge in [0.05, 0.1) is 10.8 Å². The highest BCUT2D eigenvalue weighted by atomic mass is 32.2. The number of esters is 1. The van der Waals surface area contributed by atoms with Gasteiger partial charge in [-0.15, -0.1) is 0 Å². The van der Waals surface area contributed by atoms with Gasteiger partial charge in [-0.2, -0.15) is 0 Å². The van der Waals surface area contributed by atoms with Gasteiger partial charge in [-0.3, -0.25) is 10.1 Å². The van der Waals surface area contributed by atoms with E-state index in [2.05, 4.69) is 10.1 Å². The van der Waals surface area contributed by atoms with Crippen molar-refractivity contribution >= 4 is 27.8 Å². The monoisotopic (exact) mass is 286 g/mol. The number of sulfonamides is 1. The molecule has 0 radical (unpaired) electrons. The number of ether oxygens (including phenoxy) is 1. The summed E-state index contributed by atoms with van der Waals surface area (Å²) < 4.78 is 26.5. The predicted octanol–water partition coefficient (Wildman–Crippen LogP) is 1.07. The van der Waals surface area contributed by atoms with Crippen LogP contribution < -0.4 is 10.5 Å². The molecule has 8 heteroatoms. The number of nitrogens with two attached hydrogens (primary N) is 1. The molecule has 0 aliphatic rings. The van der Waals surface area contributed by atoms with Gasteiger partial charge < -0.3 is 4.74 Å². The molecule has 0 saturated carbocycles. The van der Waals surface area contributed by atoms with E-state index in [1.54, 1.807) is 13.8 Å². The Balaban J connectivity index is 2.69. The van der Waals surface area contributed by atoms with Gasteiger partial charge in [-0.05, 0) is 24.3 Å². The minimum Gasteiger partial charge on any atom is -0.376 e. The minimum atomic E-state index is -3.78. The molecule has 19 heavy (non-hydrogen) atoms. The van der Waals surface area contributed by atoms with Crippen LogP contribution in [0.2, 0.25) is 0 Å². The Morgan fingerprint density at radius 3 is 2.16 bits per heavy atom. The SMILES string of the molecule is CC(C)C(=O)OC(=O)Nc1ccc(S(N)(=O)=O)cc1. The largest absolute Gasteiger partial charge is 0.419 e. The van der Waals surface area contributed by atoms with Crippen LogP contribution in [0.1, 0.15) is 13.8 Å². The fourth-order valence-electron chi connectivity index (χ4n) is 1.08. The third kappa shape index (κ3) is 4.68. The average Bonchev–Trinajstić information content (AvgIpc) is 2.28. The van der Waals surface area contributed by atoms with Crippen LogP contribution in [0.5, 0.6) is 0 Å². The molecule has 1 aromatic rings. The zero-order valence-corrected chi connectivity index (χ0v) is 11.2. The number of primary sulfonamides is 1. The Bertz CT molecular complexity index is 578. The second kappa shape index (κ2) is 5.81. The predicted molar refractivity (Wildman–Crippen MR) is 67.8 cm³/mol. The van der Waals surface area contributed by atoms with Crippen molar-refractivity contribution in [3.8, 4) is 0 Å². The first kappa shape index (κ1) is 15.1. The number of carbonyl (C=O) groups is 2. The average molecular weight is 286 g/mol. The molecule has 0 bridgehead atoms. The minimum absolute atomic E-state index is 0.0790. The first-order valence-corrected chi connectivity index (χ1v) is 6.90. The number of benzene rings is 1. The molecule has 1 amide bonds. The number of anilines is 1. The van der Waals surface area contributed by atoms with Crippen molar-refractivity contribution in [1.82, 2.24) is 0 Å². The van der Waals surface area contributed by atoms with Crippen molar-refractivity contribution in [3.63, 3.8) is 0 Å². The van der Waals surface area contributed by atoms with E-state index in [9.17, 15) is 18.0 Å². The van der Waals surface area contributed by atoms with E-state index in [4.69, 9.17) is 5.14 Å². The lowest BCUT2D eigenvalue weighted by atomic mass is 10.2. The maximum absolute atomic E-state index is 11.3. The molecule has 0 spiro atoms. The van der Waals surface area contributed by atoms with Crippen molar-refractivity contribution in [2.75, 3.05) is 5.32 Å². The molecule has 0 aliphatic carbocycles. The van der Waals surface area contributed by atoms with Gasteiger partial charge in [0.25, 0.3) is 0 Å². The normalized spacial score (nSPS) is 11.2. The second-order valence-corrected chi connectivity index (χ2v) is 5.62. The Morgan fingerprint density at radius 1 is 1.21 bits per heavy atom. The molecule has 0 unspecified atom stereocenters. The van der Waals surface area contributed by atoms with Crippen LogP contribution in [-0.4, -0.2) is 20.5 Å². The van der Waals surface area contributed by atoms with Crippen molar-refractivity contribution in [1.29, 1.82) is 0 Å². The van der Waals surface area contributed by atoms with Gasteiger partial charge in [0.2, 0.25) is 10.0 Å². The summed E-state index contributed by atoms with van der Waals surface area (Å²) in [4.78, 5) is 22.4. The van der Waals surface area contributed by atoms with Crippen molar-refractivity contribution in [2.45, 2.75) is 18.7 Å². The zero-order chi connectivity index (χ0) is 14.6. The van der Waals surface area contributed by atoms with Crippen LogP contribution in [0, 0.1) is 5.92 Å². The second-order valence-electron chi connectivity index (χ2n) is 4.06. The van der Waals surface area contributed by atoms with E-state index in [0.29, 0.717) is 0 Å². The lowest BCUT2D eigenvalue weighted by molar-refractivity contribution is -0.140. The van der Waals surface area contributed by atoms with Crippen molar-refractivity contribution < 1.29 is 22.7 Å². The Labute approximate surface area is 110 Å².